The van der Waals surface area contributed by atoms with Crippen molar-refractivity contribution in [1.29, 1.82) is 0 Å². The van der Waals surface area contributed by atoms with Crippen LogP contribution in [0, 0.1) is 0 Å². The summed E-state index contributed by atoms with van der Waals surface area (Å²) in [6.07, 6.45) is 0. The number of halogens is 1. The fourth-order valence-electron chi connectivity index (χ4n) is 1.86. The minimum atomic E-state index is 0.287. The van der Waals surface area contributed by atoms with Crippen LogP contribution in [0.1, 0.15) is 5.69 Å². The summed E-state index contributed by atoms with van der Waals surface area (Å²) in [5.74, 6) is 1.06. The Kier molecular flexibility index (Phi) is 4.48. The lowest BCUT2D eigenvalue weighted by Gasteiger charge is -2.00. The van der Waals surface area contributed by atoms with E-state index in [0.29, 0.717) is 0 Å². The summed E-state index contributed by atoms with van der Waals surface area (Å²) in [6, 6.07) is 15.0. The molecule has 106 valence electrons. The number of aromatic nitrogens is 1. The molecular formula is C16H12ClNOS2. The largest absolute Gasteiger partial charge is 0.508 e. The van der Waals surface area contributed by atoms with Crippen LogP contribution in [-0.4, -0.2) is 10.1 Å². The van der Waals surface area contributed by atoms with E-state index in [1.54, 1.807) is 35.2 Å². The van der Waals surface area contributed by atoms with Gasteiger partial charge in [0.05, 0.1) is 10.7 Å². The number of benzene rings is 2. The van der Waals surface area contributed by atoms with Crippen molar-refractivity contribution in [2.75, 3.05) is 0 Å². The molecule has 0 unspecified atom stereocenters. The zero-order valence-corrected chi connectivity index (χ0v) is 13.4. The molecule has 0 fully saturated rings. The third kappa shape index (κ3) is 3.59. The summed E-state index contributed by atoms with van der Waals surface area (Å²) in [5.41, 5.74) is 1.99. The van der Waals surface area contributed by atoms with E-state index in [0.717, 1.165) is 31.9 Å². The Hall–Kier alpha value is -1.49. The highest BCUT2D eigenvalue weighted by Crippen LogP contribution is 2.32. The number of aromatic hydroxyl groups is 1. The van der Waals surface area contributed by atoms with Crippen LogP contribution in [0.5, 0.6) is 5.75 Å². The number of thioether (sulfide) groups is 1. The van der Waals surface area contributed by atoms with Crippen LogP contribution < -0.4 is 0 Å². The molecule has 0 amide bonds. The highest BCUT2D eigenvalue weighted by atomic mass is 35.5. The van der Waals surface area contributed by atoms with Crippen LogP contribution >= 0.6 is 34.7 Å². The van der Waals surface area contributed by atoms with E-state index in [4.69, 9.17) is 11.6 Å². The van der Waals surface area contributed by atoms with Crippen LogP contribution in [0.4, 0.5) is 0 Å². The van der Waals surface area contributed by atoms with Crippen LogP contribution in [0.3, 0.4) is 0 Å². The fraction of sp³-hybridized carbons (Fsp3) is 0.0625. The molecule has 0 aliphatic rings. The lowest BCUT2D eigenvalue weighted by molar-refractivity contribution is 0.474. The van der Waals surface area contributed by atoms with E-state index < -0.39 is 0 Å². The van der Waals surface area contributed by atoms with Crippen LogP contribution in [0.25, 0.3) is 10.6 Å². The van der Waals surface area contributed by atoms with Gasteiger partial charge in [0.1, 0.15) is 10.8 Å². The molecule has 0 aliphatic carbocycles. The first kappa shape index (κ1) is 14.4. The first-order chi connectivity index (χ1) is 10.2. The van der Waals surface area contributed by atoms with Crippen molar-refractivity contribution in [3.63, 3.8) is 0 Å². The van der Waals surface area contributed by atoms with Gasteiger partial charge in [-0.15, -0.1) is 23.1 Å². The van der Waals surface area contributed by atoms with E-state index in [1.807, 2.05) is 36.4 Å². The highest BCUT2D eigenvalue weighted by Gasteiger charge is 2.08. The minimum Gasteiger partial charge on any atom is -0.508 e. The summed E-state index contributed by atoms with van der Waals surface area (Å²) in [6.45, 7) is 0. The van der Waals surface area contributed by atoms with E-state index in [-0.39, 0.29) is 5.75 Å². The molecule has 0 atom stereocenters. The maximum Gasteiger partial charge on any atom is 0.125 e. The monoisotopic (exact) mass is 333 g/mol. The molecule has 21 heavy (non-hydrogen) atoms. The molecule has 0 aliphatic heterocycles. The molecule has 1 aromatic heterocycles. The molecule has 0 bridgehead atoms. The van der Waals surface area contributed by atoms with Gasteiger partial charge in [-0.05, 0) is 24.3 Å². The normalized spacial score (nSPS) is 10.7. The van der Waals surface area contributed by atoms with Crippen molar-refractivity contribution < 1.29 is 5.11 Å². The first-order valence-electron chi connectivity index (χ1n) is 6.33. The number of phenols is 1. The summed E-state index contributed by atoms with van der Waals surface area (Å²) in [5, 5.41) is 13.2. The Labute approximate surface area is 136 Å². The molecule has 1 N–H and O–H groups in total. The first-order valence-corrected chi connectivity index (χ1v) is 8.58. The third-order valence-corrected chi connectivity index (χ3v) is 5.14. The number of hydrogen-bond acceptors (Lipinski definition) is 4. The van der Waals surface area contributed by atoms with E-state index in [1.165, 1.54) is 0 Å². The smallest absolute Gasteiger partial charge is 0.125 e. The number of thiazole rings is 1. The summed E-state index contributed by atoms with van der Waals surface area (Å²) in [7, 11) is 0. The molecule has 0 spiro atoms. The number of hydrogen-bond donors (Lipinski definition) is 1. The van der Waals surface area contributed by atoms with Crippen molar-refractivity contribution in [1.82, 2.24) is 4.98 Å². The zero-order valence-electron chi connectivity index (χ0n) is 11.0. The van der Waals surface area contributed by atoms with Gasteiger partial charge in [0, 0.05) is 21.6 Å². The molecule has 3 rings (SSSR count). The van der Waals surface area contributed by atoms with Gasteiger partial charge < -0.3 is 5.11 Å². The molecule has 0 saturated carbocycles. The number of rotatable bonds is 4. The van der Waals surface area contributed by atoms with Gasteiger partial charge in [0.25, 0.3) is 0 Å². The fourth-order valence-corrected chi connectivity index (χ4v) is 3.95. The maximum absolute atomic E-state index is 9.45. The maximum atomic E-state index is 9.45. The average molecular weight is 334 g/mol. The van der Waals surface area contributed by atoms with Gasteiger partial charge in [-0.1, -0.05) is 35.9 Å². The topological polar surface area (TPSA) is 33.1 Å². The van der Waals surface area contributed by atoms with Gasteiger partial charge in [0.15, 0.2) is 0 Å². The van der Waals surface area contributed by atoms with Crippen LogP contribution in [0.2, 0.25) is 5.02 Å². The minimum absolute atomic E-state index is 0.287. The lowest BCUT2D eigenvalue weighted by Crippen LogP contribution is -1.83. The number of nitrogens with zero attached hydrogens (tertiary/aromatic N) is 1. The summed E-state index contributed by atoms with van der Waals surface area (Å²) in [4.78, 5) is 5.66. The summed E-state index contributed by atoms with van der Waals surface area (Å²) >= 11 is 9.44. The average Bonchev–Trinajstić information content (AvgIpc) is 2.94. The van der Waals surface area contributed by atoms with Crippen molar-refractivity contribution in [2.24, 2.45) is 0 Å². The van der Waals surface area contributed by atoms with Gasteiger partial charge in [0.2, 0.25) is 0 Å². The molecule has 5 heteroatoms. The van der Waals surface area contributed by atoms with Gasteiger partial charge in [-0.25, -0.2) is 4.98 Å². The van der Waals surface area contributed by atoms with E-state index in [2.05, 4.69) is 10.4 Å². The van der Waals surface area contributed by atoms with Crippen molar-refractivity contribution in [2.45, 2.75) is 10.6 Å². The summed E-state index contributed by atoms with van der Waals surface area (Å²) < 4.78 is 0. The number of phenolic OH excluding ortho intramolecular Hbond substituents is 1. The molecule has 1 heterocycles. The highest BCUT2D eigenvalue weighted by molar-refractivity contribution is 7.98. The SMILES string of the molecule is Oc1cccc(SCc2csc(-c3ccccc3Cl)n2)c1. The van der Waals surface area contributed by atoms with Gasteiger partial charge in [-0.3, -0.25) is 0 Å². The Bertz CT molecular complexity index is 757. The van der Waals surface area contributed by atoms with Crippen molar-refractivity contribution in [3.8, 4) is 16.3 Å². The Morgan fingerprint density at radius 3 is 2.81 bits per heavy atom. The molecule has 3 aromatic rings. The van der Waals surface area contributed by atoms with Crippen LogP contribution in [-0.2, 0) is 5.75 Å². The molecule has 2 nitrogen and oxygen atoms in total. The van der Waals surface area contributed by atoms with Crippen LogP contribution in [0.15, 0.2) is 58.8 Å². The Balaban J connectivity index is 1.72. The second-order valence-corrected chi connectivity index (χ2v) is 6.72. The van der Waals surface area contributed by atoms with E-state index >= 15 is 0 Å². The van der Waals surface area contributed by atoms with Gasteiger partial charge >= 0.3 is 0 Å². The molecule has 0 radical (unpaired) electrons. The third-order valence-electron chi connectivity index (χ3n) is 2.86. The van der Waals surface area contributed by atoms with Crippen molar-refractivity contribution >= 4 is 34.7 Å². The van der Waals surface area contributed by atoms with Gasteiger partial charge in [-0.2, -0.15) is 0 Å². The zero-order chi connectivity index (χ0) is 14.7. The van der Waals surface area contributed by atoms with Crippen molar-refractivity contribution in [3.05, 3.63) is 64.6 Å². The van der Waals surface area contributed by atoms with E-state index in [9.17, 15) is 5.11 Å². The quantitative estimate of drug-likeness (QED) is 0.643. The second-order valence-electron chi connectivity index (χ2n) is 4.41. The predicted molar refractivity (Wildman–Crippen MR) is 90.2 cm³/mol. The predicted octanol–water partition coefficient (Wildman–Crippen LogP) is 5.46. The molecule has 2 aromatic carbocycles. The lowest BCUT2D eigenvalue weighted by atomic mass is 10.2. The Morgan fingerprint density at radius 1 is 1.14 bits per heavy atom. The second kappa shape index (κ2) is 6.52. The molecular weight excluding hydrogens is 322 g/mol. The molecule has 0 saturated heterocycles. The standard InChI is InChI=1S/C16H12ClNOS2/c17-15-7-2-1-6-14(15)16-18-11(10-21-16)9-20-13-5-3-4-12(19)8-13/h1-8,10,19H,9H2. The Morgan fingerprint density at radius 2 is 2.00 bits per heavy atom.